The third kappa shape index (κ3) is 6.58. The Morgan fingerprint density at radius 1 is 1.07 bits per heavy atom. The third-order valence-corrected chi connectivity index (χ3v) is 13.0. The normalized spacial score (nSPS) is 29.6. The Morgan fingerprint density at radius 3 is 2.73 bits per heavy atom. The van der Waals surface area contributed by atoms with Crippen LogP contribution >= 0.6 is 11.5 Å². The molecule has 2 heterocycles. The Hall–Kier alpha value is -2.44. The predicted octanol–water partition coefficient (Wildman–Crippen LogP) is 8.36. The Kier molecular flexibility index (Phi) is 9.97. The van der Waals surface area contributed by atoms with Crippen molar-refractivity contribution in [2.24, 2.45) is 29.1 Å². The van der Waals surface area contributed by atoms with Crippen LogP contribution in [0, 0.1) is 29.1 Å². The summed E-state index contributed by atoms with van der Waals surface area (Å²) < 4.78 is 11.4. The first-order chi connectivity index (χ1) is 21.4. The van der Waals surface area contributed by atoms with Crippen LogP contribution < -0.4 is 15.4 Å². The zero-order valence-corrected chi connectivity index (χ0v) is 28.0. The quantitative estimate of drug-likeness (QED) is 0.213. The number of ether oxygens (including phenoxy) is 1. The first-order valence-corrected chi connectivity index (χ1v) is 18.2. The second kappa shape index (κ2) is 13.9. The van der Waals surface area contributed by atoms with E-state index in [2.05, 4.69) is 48.7 Å². The summed E-state index contributed by atoms with van der Waals surface area (Å²) in [5.41, 5.74) is 2.62. The number of carbonyl (C=O) groups excluding carboxylic acids is 1. The van der Waals surface area contributed by atoms with Crippen LogP contribution in [-0.4, -0.2) is 36.0 Å². The molecule has 0 spiro atoms. The molecule has 1 aliphatic heterocycles. The molecule has 2 saturated carbocycles. The van der Waals surface area contributed by atoms with E-state index in [0.717, 1.165) is 42.7 Å². The SMILES string of the molecule is COc1ccc(CC(=O)NCC23CCCCC2(CC(C)C2CCCC(CCc4nsc5ccccc45)CC2)NCC3C)cc1. The zero-order chi connectivity index (χ0) is 30.6. The lowest BCUT2D eigenvalue weighted by atomic mass is 9.55. The van der Waals surface area contributed by atoms with E-state index in [4.69, 9.17) is 9.11 Å². The van der Waals surface area contributed by atoms with Gasteiger partial charge in [-0.25, -0.2) is 0 Å². The van der Waals surface area contributed by atoms with E-state index in [1.807, 2.05) is 24.3 Å². The molecule has 3 aromatic rings. The number of amides is 1. The summed E-state index contributed by atoms with van der Waals surface area (Å²) in [6.45, 7) is 6.84. The highest BCUT2D eigenvalue weighted by atomic mass is 32.1. The minimum atomic E-state index is 0.134. The molecule has 3 fully saturated rings. The van der Waals surface area contributed by atoms with Crippen LogP contribution in [0.3, 0.4) is 0 Å². The highest BCUT2D eigenvalue weighted by molar-refractivity contribution is 7.13. The van der Waals surface area contributed by atoms with Crippen molar-refractivity contribution in [1.82, 2.24) is 15.0 Å². The van der Waals surface area contributed by atoms with Crippen molar-refractivity contribution < 1.29 is 9.53 Å². The van der Waals surface area contributed by atoms with Gasteiger partial charge in [0.1, 0.15) is 5.75 Å². The highest BCUT2D eigenvalue weighted by Crippen LogP contribution is 2.56. The van der Waals surface area contributed by atoms with Gasteiger partial charge in [0, 0.05) is 22.9 Å². The van der Waals surface area contributed by atoms with Crippen molar-refractivity contribution in [1.29, 1.82) is 0 Å². The first kappa shape index (κ1) is 31.5. The number of rotatable bonds is 11. The largest absolute Gasteiger partial charge is 0.497 e. The molecule has 5 nitrogen and oxygen atoms in total. The van der Waals surface area contributed by atoms with Crippen LogP contribution in [0.2, 0.25) is 0 Å². The molecule has 0 bridgehead atoms. The number of hydrogen-bond donors (Lipinski definition) is 2. The maximum atomic E-state index is 13.2. The number of benzene rings is 2. The van der Waals surface area contributed by atoms with Crippen molar-refractivity contribution in [3.8, 4) is 5.75 Å². The lowest BCUT2D eigenvalue weighted by Crippen LogP contribution is -2.60. The minimum absolute atomic E-state index is 0.134. The van der Waals surface area contributed by atoms with E-state index >= 15 is 0 Å². The number of methoxy groups -OCH3 is 1. The lowest BCUT2D eigenvalue weighted by molar-refractivity contribution is -0.121. The summed E-state index contributed by atoms with van der Waals surface area (Å²) in [7, 11) is 1.68. The van der Waals surface area contributed by atoms with E-state index in [9.17, 15) is 4.79 Å². The van der Waals surface area contributed by atoms with Crippen LogP contribution in [0.15, 0.2) is 48.5 Å². The molecule has 2 aliphatic carbocycles. The van der Waals surface area contributed by atoms with Gasteiger partial charge in [0.25, 0.3) is 0 Å². The van der Waals surface area contributed by atoms with Gasteiger partial charge in [0.05, 0.1) is 23.9 Å². The van der Waals surface area contributed by atoms with Gasteiger partial charge in [-0.1, -0.05) is 82.7 Å². The predicted molar refractivity (Wildman–Crippen MR) is 182 cm³/mol. The van der Waals surface area contributed by atoms with E-state index in [0.29, 0.717) is 18.3 Å². The highest BCUT2D eigenvalue weighted by Gasteiger charge is 2.59. The Balaban J connectivity index is 1.06. The molecule has 6 unspecified atom stereocenters. The average Bonchev–Trinajstić information content (AvgIpc) is 3.47. The Morgan fingerprint density at radius 2 is 1.89 bits per heavy atom. The topological polar surface area (TPSA) is 63.2 Å². The third-order valence-electron chi connectivity index (χ3n) is 12.1. The van der Waals surface area contributed by atoms with Crippen LogP contribution in [0.1, 0.15) is 95.7 Å². The van der Waals surface area contributed by atoms with Crippen LogP contribution in [0.25, 0.3) is 10.1 Å². The molecular formula is C38H53N3O2S. The minimum Gasteiger partial charge on any atom is -0.497 e. The van der Waals surface area contributed by atoms with Gasteiger partial charge >= 0.3 is 0 Å². The summed E-state index contributed by atoms with van der Waals surface area (Å²) in [4.78, 5) is 13.2. The number of hydrogen-bond acceptors (Lipinski definition) is 5. The molecule has 6 heteroatoms. The van der Waals surface area contributed by atoms with Crippen molar-refractivity contribution in [2.75, 3.05) is 20.2 Å². The van der Waals surface area contributed by atoms with Crippen molar-refractivity contribution >= 4 is 27.5 Å². The number of aromatic nitrogens is 1. The van der Waals surface area contributed by atoms with Gasteiger partial charge in [-0.3, -0.25) is 4.79 Å². The molecule has 44 heavy (non-hydrogen) atoms. The molecule has 0 radical (unpaired) electrons. The van der Waals surface area contributed by atoms with Gasteiger partial charge in [0.15, 0.2) is 0 Å². The monoisotopic (exact) mass is 615 g/mol. The van der Waals surface area contributed by atoms with Crippen LogP contribution in [0.5, 0.6) is 5.75 Å². The standard InChI is InChI=1S/C38H53N3O2S/c1-27(31-10-8-9-29(13-17-31)16-20-34-33-11-4-5-12-35(33)44-41-34)24-38-22-7-6-21-37(38,28(2)25-40-38)26-39-36(42)23-30-14-18-32(43-3)19-15-30/h4-5,11-12,14-15,18-19,27-29,31,40H,6-10,13,16-17,20-26H2,1-3H3,(H,39,42). The Bertz CT molecular complexity index is 1380. The summed E-state index contributed by atoms with van der Waals surface area (Å²) in [6, 6.07) is 16.6. The van der Waals surface area contributed by atoms with Crippen molar-refractivity contribution in [2.45, 2.75) is 103 Å². The smallest absolute Gasteiger partial charge is 0.224 e. The van der Waals surface area contributed by atoms with E-state index in [-0.39, 0.29) is 16.9 Å². The average molecular weight is 616 g/mol. The zero-order valence-electron chi connectivity index (χ0n) is 27.2. The number of aryl methyl sites for hydroxylation is 1. The molecule has 2 N–H and O–H groups in total. The van der Waals surface area contributed by atoms with Gasteiger partial charge in [0.2, 0.25) is 5.91 Å². The van der Waals surface area contributed by atoms with E-state index in [1.165, 1.54) is 86.4 Å². The number of nitrogens with zero attached hydrogens (tertiary/aromatic N) is 1. The van der Waals surface area contributed by atoms with Crippen molar-refractivity contribution in [3.05, 3.63) is 59.8 Å². The molecule has 2 aromatic carbocycles. The molecule has 238 valence electrons. The van der Waals surface area contributed by atoms with E-state index < -0.39 is 0 Å². The number of nitrogens with one attached hydrogen (secondary N) is 2. The fraction of sp³-hybridized carbons (Fsp3) is 0.632. The fourth-order valence-corrected chi connectivity index (χ4v) is 10.2. The summed E-state index contributed by atoms with van der Waals surface area (Å²) in [6.07, 6.45) is 15.9. The molecule has 6 rings (SSSR count). The summed E-state index contributed by atoms with van der Waals surface area (Å²) in [5, 5.41) is 8.92. The molecule has 6 atom stereocenters. The van der Waals surface area contributed by atoms with Crippen molar-refractivity contribution in [3.63, 3.8) is 0 Å². The van der Waals surface area contributed by atoms with Crippen LogP contribution in [-0.2, 0) is 17.6 Å². The van der Waals surface area contributed by atoms with Crippen LogP contribution in [0.4, 0.5) is 0 Å². The molecular weight excluding hydrogens is 563 g/mol. The molecule has 1 amide bonds. The second-order valence-corrected chi connectivity index (χ2v) is 15.3. The Labute approximate surface area is 269 Å². The molecule has 3 aliphatic rings. The summed E-state index contributed by atoms with van der Waals surface area (Å²) in [5.74, 6) is 3.85. The fourth-order valence-electron chi connectivity index (χ4n) is 9.38. The van der Waals surface area contributed by atoms with Gasteiger partial charge in [-0.2, -0.15) is 4.37 Å². The van der Waals surface area contributed by atoms with Gasteiger partial charge in [-0.05, 0) is 104 Å². The molecule has 1 aromatic heterocycles. The lowest BCUT2D eigenvalue weighted by Gasteiger charge is -2.53. The first-order valence-electron chi connectivity index (χ1n) is 17.4. The maximum Gasteiger partial charge on any atom is 0.224 e. The maximum absolute atomic E-state index is 13.2. The van der Waals surface area contributed by atoms with E-state index in [1.54, 1.807) is 18.6 Å². The number of fused-ring (bicyclic) bond motifs is 2. The summed E-state index contributed by atoms with van der Waals surface area (Å²) >= 11 is 1.66. The van der Waals surface area contributed by atoms with Gasteiger partial charge in [-0.15, -0.1) is 0 Å². The second-order valence-electron chi connectivity index (χ2n) is 14.5. The number of carbonyl (C=O) groups is 1. The van der Waals surface area contributed by atoms with Gasteiger partial charge < -0.3 is 15.4 Å². The molecule has 1 saturated heterocycles.